The smallest absolute Gasteiger partial charge is 0.410 e. The van der Waals surface area contributed by atoms with Crippen LogP contribution in [0.25, 0.3) is 0 Å². The number of anilines is 2. The summed E-state index contributed by atoms with van der Waals surface area (Å²) in [5.41, 5.74) is 2.47. The fraction of sp³-hybridized carbons (Fsp3) is 0.409. The predicted molar refractivity (Wildman–Crippen MR) is 120 cm³/mol. The number of aryl methyl sites for hydroxylation is 1. The summed E-state index contributed by atoms with van der Waals surface area (Å²) in [5, 5.41) is 5.88. The third-order valence-electron chi connectivity index (χ3n) is 4.57. The van der Waals surface area contributed by atoms with Crippen molar-refractivity contribution in [1.29, 1.82) is 0 Å². The highest BCUT2D eigenvalue weighted by atomic mass is 35.5. The Hall–Kier alpha value is -2.84. The SMILES string of the molecule is Cc1cc(C2CN(C(=O)OC(C)(C)C)CCO2)ccc1NC(=O)Nc1ccc(Cl)nc1. The fourth-order valence-electron chi connectivity index (χ4n) is 3.11. The Morgan fingerprint density at radius 2 is 2.00 bits per heavy atom. The van der Waals surface area contributed by atoms with Crippen molar-refractivity contribution in [3.63, 3.8) is 0 Å². The van der Waals surface area contributed by atoms with E-state index in [0.717, 1.165) is 11.1 Å². The zero-order valence-corrected chi connectivity index (χ0v) is 18.8. The molecule has 0 radical (unpaired) electrons. The summed E-state index contributed by atoms with van der Waals surface area (Å²) in [5.74, 6) is 0. The Morgan fingerprint density at radius 3 is 2.65 bits per heavy atom. The van der Waals surface area contributed by atoms with Crippen LogP contribution in [0.3, 0.4) is 0 Å². The molecule has 1 aliphatic heterocycles. The molecular formula is C22H27ClN4O4. The molecule has 9 heteroatoms. The molecule has 1 fully saturated rings. The number of benzene rings is 1. The Labute approximate surface area is 186 Å². The van der Waals surface area contributed by atoms with E-state index in [9.17, 15) is 9.59 Å². The van der Waals surface area contributed by atoms with Crippen LogP contribution in [0.1, 0.15) is 38.0 Å². The minimum atomic E-state index is -0.544. The molecular weight excluding hydrogens is 420 g/mol. The van der Waals surface area contributed by atoms with Gasteiger partial charge in [-0.25, -0.2) is 14.6 Å². The van der Waals surface area contributed by atoms with Crippen LogP contribution in [-0.4, -0.2) is 47.3 Å². The van der Waals surface area contributed by atoms with Crippen LogP contribution < -0.4 is 10.6 Å². The molecule has 1 aromatic heterocycles. The van der Waals surface area contributed by atoms with Crippen LogP contribution >= 0.6 is 11.6 Å². The first-order valence-corrected chi connectivity index (χ1v) is 10.4. The van der Waals surface area contributed by atoms with Crippen molar-refractivity contribution in [1.82, 2.24) is 9.88 Å². The number of pyridine rings is 1. The maximum absolute atomic E-state index is 12.4. The summed E-state index contributed by atoms with van der Waals surface area (Å²) in [6.07, 6.45) is 0.876. The van der Waals surface area contributed by atoms with Crippen LogP contribution in [0.2, 0.25) is 5.15 Å². The van der Waals surface area contributed by atoms with Crippen LogP contribution in [0.5, 0.6) is 0 Å². The Kier molecular flexibility index (Phi) is 7.02. The third kappa shape index (κ3) is 6.57. The second kappa shape index (κ2) is 9.53. The molecule has 166 valence electrons. The van der Waals surface area contributed by atoms with Crippen LogP contribution in [-0.2, 0) is 9.47 Å². The molecule has 2 aromatic rings. The number of morpholine rings is 1. The quantitative estimate of drug-likeness (QED) is 0.647. The third-order valence-corrected chi connectivity index (χ3v) is 4.80. The molecule has 1 aliphatic rings. The normalized spacial score (nSPS) is 16.5. The van der Waals surface area contributed by atoms with Gasteiger partial charge in [-0.15, -0.1) is 0 Å². The number of nitrogens with one attached hydrogen (secondary N) is 2. The Morgan fingerprint density at radius 1 is 1.23 bits per heavy atom. The second-order valence-electron chi connectivity index (χ2n) is 8.31. The molecule has 0 aliphatic carbocycles. The molecule has 1 unspecified atom stereocenters. The highest BCUT2D eigenvalue weighted by molar-refractivity contribution is 6.29. The summed E-state index contributed by atoms with van der Waals surface area (Å²) < 4.78 is 11.3. The molecule has 0 spiro atoms. The molecule has 0 bridgehead atoms. The number of urea groups is 1. The first kappa shape index (κ1) is 22.8. The van der Waals surface area contributed by atoms with Gasteiger partial charge in [-0.05, 0) is 57.0 Å². The lowest BCUT2D eigenvalue weighted by atomic mass is 10.0. The maximum atomic E-state index is 12.4. The zero-order chi connectivity index (χ0) is 22.6. The summed E-state index contributed by atoms with van der Waals surface area (Å²) in [4.78, 5) is 30.2. The average molecular weight is 447 g/mol. The van der Waals surface area contributed by atoms with Gasteiger partial charge in [0.25, 0.3) is 0 Å². The fourth-order valence-corrected chi connectivity index (χ4v) is 3.22. The second-order valence-corrected chi connectivity index (χ2v) is 8.70. The van der Waals surface area contributed by atoms with Crippen molar-refractivity contribution in [2.75, 3.05) is 30.3 Å². The Balaban J connectivity index is 1.62. The number of hydrogen-bond donors (Lipinski definition) is 2. The highest BCUT2D eigenvalue weighted by Gasteiger charge is 2.29. The lowest BCUT2D eigenvalue weighted by molar-refractivity contribution is -0.0432. The van der Waals surface area contributed by atoms with Gasteiger partial charge in [0.2, 0.25) is 0 Å². The number of carbonyl (C=O) groups is 2. The largest absolute Gasteiger partial charge is 0.444 e. The van der Waals surface area contributed by atoms with E-state index in [0.29, 0.717) is 36.2 Å². The first-order valence-electron chi connectivity index (χ1n) is 10.0. The van der Waals surface area contributed by atoms with Gasteiger partial charge in [0.1, 0.15) is 16.9 Å². The lowest BCUT2D eigenvalue weighted by Gasteiger charge is -2.34. The van der Waals surface area contributed by atoms with Crippen LogP contribution in [0.15, 0.2) is 36.5 Å². The summed E-state index contributed by atoms with van der Waals surface area (Å²) in [6.45, 7) is 8.76. The monoisotopic (exact) mass is 446 g/mol. The molecule has 3 amide bonds. The molecule has 8 nitrogen and oxygen atoms in total. The van der Waals surface area contributed by atoms with Crippen molar-refractivity contribution in [3.05, 3.63) is 52.8 Å². The van der Waals surface area contributed by atoms with Crippen molar-refractivity contribution < 1.29 is 19.1 Å². The standard InChI is InChI=1S/C22H27ClN4O4/c1-14-11-15(18-13-27(9-10-30-18)21(29)31-22(2,3)4)5-7-17(14)26-20(28)25-16-6-8-19(23)24-12-16/h5-8,11-12,18H,9-10,13H2,1-4H3,(H2,25,26,28). The minimum absolute atomic E-state index is 0.261. The Bertz CT molecular complexity index is 944. The molecule has 1 aromatic carbocycles. The van der Waals surface area contributed by atoms with Gasteiger partial charge in [-0.2, -0.15) is 0 Å². The van der Waals surface area contributed by atoms with Crippen LogP contribution in [0, 0.1) is 6.92 Å². The molecule has 3 rings (SSSR count). The zero-order valence-electron chi connectivity index (χ0n) is 18.1. The summed E-state index contributed by atoms with van der Waals surface area (Å²) >= 11 is 5.75. The number of aromatic nitrogens is 1. The van der Waals surface area contributed by atoms with Gasteiger partial charge in [-0.1, -0.05) is 23.7 Å². The minimum Gasteiger partial charge on any atom is -0.444 e. The van der Waals surface area contributed by atoms with Crippen molar-refractivity contribution >= 4 is 35.1 Å². The van der Waals surface area contributed by atoms with Gasteiger partial charge < -0.3 is 25.0 Å². The first-order chi connectivity index (χ1) is 14.6. The van der Waals surface area contributed by atoms with E-state index in [1.165, 1.54) is 6.20 Å². The average Bonchev–Trinajstić information content (AvgIpc) is 2.70. The maximum Gasteiger partial charge on any atom is 0.410 e. The number of carbonyl (C=O) groups excluding carboxylic acids is 2. The summed E-state index contributed by atoms with van der Waals surface area (Å²) in [6, 6.07) is 8.53. The lowest BCUT2D eigenvalue weighted by Crippen LogP contribution is -2.44. The molecule has 1 atom stereocenters. The highest BCUT2D eigenvalue weighted by Crippen LogP contribution is 2.27. The van der Waals surface area contributed by atoms with Gasteiger partial charge in [0, 0.05) is 12.2 Å². The van der Waals surface area contributed by atoms with Gasteiger partial charge in [0.05, 0.1) is 25.0 Å². The van der Waals surface area contributed by atoms with Gasteiger partial charge >= 0.3 is 12.1 Å². The van der Waals surface area contributed by atoms with Crippen LogP contribution in [0.4, 0.5) is 21.0 Å². The number of ether oxygens (including phenoxy) is 2. The van der Waals surface area contributed by atoms with E-state index < -0.39 is 5.60 Å². The van der Waals surface area contributed by atoms with E-state index >= 15 is 0 Å². The van der Waals surface area contributed by atoms with Gasteiger partial charge in [0.15, 0.2) is 0 Å². The molecule has 1 saturated heterocycles. The molecule has 2 N–H and O–H groups in total. The summed E-state index contributed by atoms with van der Waals surface area (Å²) in [7, 11) is 0. The number of amides is 3. The van der Waals surface area contributed by atoms with E-state index in [4.69, 9.17) is 21.1 Å². The van der Waals surface area contributed by atoms with E-state index in [2.05, 4.69) is 15.6 Å². The number of halogens is 1. The molecule has 0 saturated carbocycles. The van der Waals surface area contributed by atoms with Crippen molar-refractivity contribution in [2.24, 2.45) is 0 Å². The van der Waals surface area contributed by atoms with E-state index in [1.54, 1.807) is 17.0 Å². The van der Waals surface area contributed by atoms with Crippen molar-refractivity contribution in [2.45, 2.75) is 39.4 Å². The number of hydrogen-bond acceptors (Lipinski definition) is 5. The number of nitrogens with zero attached hydrogens (tertiary/aromatic N) is 2. The van der Waals surface area contributed by atoms with Crippen molar-refractivity contribution in [3.8, 4) is 0 Å². The topological polar surface area (TPSA) is 92.8 Å². The van der Waals surface area contributed by atoms with E-state index in [1.807, 2.05) is 45.9 Å². The predicted octanol–water partition coefficient (Wildman–Crippen LogP) is 5.00. The molecule has 31 heavy (non-hydrogen) atoms. The van der Waals surface area contributed by atoms with E-state index in [-0.39, 0.29) is 18.2 Å². The molecule has 2 heterocycles. The number of rotatable bonds is 3. The van der Waals surface area contributed by atoms with Gasteiger partial charge in [-0.3, -0.25) is 0 Å².